The Kier molecular flexibility index (Phi) is 6.68. The fraction of sp³-hybridized carbons (Fsp3) is 0.200. The topological polar surface area (TPSA) is 87.0 Å². The first-order valence-electron chi connectivity index (χ1n) is 9.92. The number of aryl methyl sites for hydroxylation is 1. The average molecular weight is 435 g/mol. The smallest absolute Gasteiger partial charge is 0.355 e. The van der Waals surface area contributed by atoms with Gasteiger partial charge in [0.2, 0.25) is 5.60 Å². The van der Waals surface area contributed by atoms with Crippen LogP contribution in [0.5, 0.6) is 17.2 Å². The fourth-order valence-corrected chi connectivity index (χ4v) is 3.05. The maximum atomic E-state index is 12.8. The molecule has 1 N–H and O–H groups in total. The predicted octanol–water partition coefficient (Wildman–Crippen LogP) is 4.56. The molecule has 0 aliphatic carbocycles. The molecule has 0 aliphatic rings. The number of benzene rings is 2. The van der Waals surface area contributed by atoms with Crippen molar-refractivity contribution in [3.05, 3.63) is 72.4 Å². The summed E-state index contributed by atoms with van der Waals surface area (Å²) in [5.41, 5.74) is 1.44. The number of aromatic nitrogens is 1. The van der Waals surface area contributed by atoms with Gasteiger partial charge < -0.3 is 23.9 Å². The number of hydrogen-bond donors (Lipinski definition) is 1. The lowest BCUT2D eigenvalue weighted by atomic mass is 10.1. The highest BCUT2D eigenvalue weighted by Crippen LogP contribution is 2.31. The quantitative estimate of drug-likeness (QED) is 0.317. The Balaban J connectivity index is 1.71. The summed E-state index contributed by atoms with van der Waals surface area (Å²) in [6.07, 6.45) is 4.41. The number of carboxylic acids is 1. The van der Waals surface area contributed by atoms with Crippen molar-refractivity contribution < 1.29 is 28.9 Å². The van der Waals surface area contributed by atoms with Gasteiger partial charge in [-0.25, -0.2) is 9.59 Å². The molecule has 166 valence electrons. The lowest BCUT2D eigenvalue weighted by Gasteiger charge is -2.24. The molecule has 0 atom stereocenters. The average Bonchev–Trinajstić information content (AvgIpc) is 3.19. The van der Waals surface area contributed by atoms with Gasteiger partial charge in [0.1, 0.15) is 5.75 Å². The molecule has 2 aromatic carbocycles. The zero-order valence-electron chi connectivity index (χ0n) is 18.4. The molecule has 0 saturated heterocycles. The maximum Gasteiger partial charge on any atom is 0.355 e. The van der Waals surface area contributed by atoms with Crippen LogP contribution >= 0.6 is 0 Å². The van der Waals surface area contributed by atoms with Crippen molar-refractivity contribution in [2.24, 2.45) is 7.05 Å². The molecule has 0 aliphatic heterocycles. The van der Waals surface area contributed by atoms with E-state index in [2.05, 4.69) is 0 Å². The third-order valence-corrected chi connectivity index (χ3v) is 4.77. The molecule has 0 unspecified atom stereocenters. The molecule has 1 heterocycles. The summed E-state index contributed by atoms with van der Waals surface area (Å²) in [5.74, 6) is -0.619. The largest absolute Gasteiger partial charge is 0.493 e. The Labute approximate surface area is 186 Å². The highest BCUT2D eigenvalue weighted by Gasteiger charge is 2.33. The number of carboxylic acid groups (broad SMARTS) is 1. The first-order chi connectivity index (χ1) is 15.2. The van der Waals surface area contributed by atoms with Gasteiger partial charge in [0.25, 0.3) is 0 Å². The van der Waals surface area contributed by atoms with Gasteiger partial charge in [-0.3, -0.25) is 0 Å². The number of methoxy groups -OCH3 is 1. The van der Waals surface area contributed by atoms with Crippen LogP contribution in [0.3, 0.4) is 0 Å². The summed E-state index contributed by atoms with van der Waals surface area (Å²) in [7, 11) is 3.41. The van der Waals surface area contributed by atoms with Gasteiger partial charge in [0, 0.05) is 25.0 Å². The van der Waals surface area contributed by atoms with Gasteiger partial charge in [-0.05, 0) is 79.6 Å². The zero-order valence-corrected chi connectivity index (χ0v) is 18.4. The molecule has 0 saturated carbocycles. The van der Waals surface area contributed by atoms with Crippen LogP contribution in [0.15, 0.2) is 66.9 Å². The second kappa shape index (κ2) is 9.43. The van der Waals surface area contributed by atoms with Crippen LogP contribution in [-0.2, 0) is 16.6 Å². The van der Waals surface area contributed by atoms with Crippen molar-refractivity contribution in [3.8, 4) is 28.5 Å². The van der Waals surface area contributed by atoms with Gasteiger partial charge in [-0.1, -0.05) is 6.07 Å². The Hall–Kier alpha value is -4.00. The number of carbonyl (C=O) groups excluding carboxylic acids is 1. The van der Waals surface area contributed by atoms with Crippen LogP contribution in [0.25, 0.3) is 17.3 Å². The molecule has 0 radical (unpaired) electrons. The van der Waals surface area contributed by atoms with E-state index in [-0.39, 0.29) is 5.75 Å². The van der Waals surface area contributed by atoms with Crippen molar-refractivity contribution in [2.75, 3.05) is 7.11 Å². The Morgan fingerprint density at radius 1 is 1.03 bits per heavy atom. The van der Waals surface area contributed by atoms with Crippen molar-refractivity contribution in [3.63, 3.8) is 0 Å². The van der Waals surface area contributed by atoms with Crippen molar-refractivity contribution in [2.45, 2.75) is 19.4 Å². The molecule has 0 spiro atoms. The van der Waals surface area contributed by atoms with Crippen molar-refractivity contribution in [1.29, 1.82) is 0 Å². The van der Waals surface area contributed by atoms with Gasteiger partial charge in [-0.2, -0.15) is 0 Å². The van der Waals surface area contributed by atoms with Crippen molar-refractivity contribution in [1.82, 2.24) is 4.57 Å². The van der Waals surface area contributed by atoms with Crippen LogP contribution in [0.1, 0.15) is 19.4 Å². The zero-order chi connectivity index (χ0) is 23.3. The minimum atomic E-state index is -1.26. The first kappa shape index (κ1) is 22.7. The van der Waals surface area contributed by atoms with Crippen LogP contribution in [0.4, 0.5) is 0 Å². The number of rotatable bonds is 8. The lowest BCUT2D eigenvalue weighted by molar-refractivity contribution is -0.149. The first-order valence-corrected chi connectivity index (χ1v) is 9.92. The SMILES string of the molecule is COc1cc(/C=C/C(=O)O)ccc1OC(=O)C(C)(C)Oc1ccc(-c2cccn2C)cc1. The van der Waals surface area contributed by atoms with Gasteiger partial charge in [0.15, 0.2) is 11.5 Å². The van der Waals surface area contributed by atoms with Gasteiger partial charge in [-0.15, -0.1) is 0 Å². The highest BCUT2D eigenvalue weighted by molar-refractivity contribution is 5.85. The molecule has 7 heteroatoms. The maximum absolute atomic E-state index is 12.8. The van der Waals surface area contributed by atoms with E-state index in [1.165, 1.54) is 13.2 Å². The molecular weight excluding hydrogens is 410 g/mol. The van der Waals surface area contributed by atoms with E-state index in [4.69, 9.17) is 19.3 Å². The molecule has 3 rings (SSSR count). The second-order valence-electron chi connectivity index (χ2n) is 7.61. The van der Waals surface area contributed by atoms with Crippen LogP contribution in [-0.4, -0.2) is 34.3 Å². The Bertz CT molecular complexity index is 1140. The second-order valence-corrected chi connectivity index (χ2v) is 7.61. The summed E-state index contributed by atoms with van der Waals surface area (Å²) in [6, 6.07) is 16.2. The molecule has 0 bridgehead atoms. The summed E-state index contributed by atoms with van der Waals surface area (Å²) in [6.45, 7) is 3.24. The minimum absolute atomic E-state index is 0.209. The molecule has 32 heavy (non-hydrogen) atoms. The van der Waals surface area contributed by atoms with Crippen molar-refractivity contribution >= 4 is 18.0 Å². The number of aliphatic carboxylic acids is 1. The van der Waals surface area contributed by atoms with Crippen LogP contribution < -0.4 is 14.2 Å². The van der Waals surface area contributed by atoms with E-state index < -0.39 is 17.5 Å². The van der Waals surface area contributed by atoms with E-state index in [1.807, 2.05) is 54.2 Å². The third kappa shape index (κ3) is 5.37. The molecule has 7 nitrogen and oxygen atoms in total. The predicted molar refractivity (Wildman–Crippen MR) is 121 cm³/mol. The molecular formula is C25H25NO6. The van der Waals surface area contributed by atoms with E-state index >= 15 is 0 Å². The number of nitrogens with zero attached hydrogens (tertiary/aromatic N) is 1. The lowest BCUT2D eigenvalue weighted by Crippen LogP contribution is -2.41. The Morgan fingerprint density at radius 3 is 2.34 bits per heavy atom. The summed E-state index contributed by atoms with van der Waals surface area (Å²) in [5, 5.41) is 8.76. The van der Waals surface area contributed by atoms with E-state index in [0.29, 0.717) is 17.1 Å². The van der Waals surface area contributed by atoms with Gasteiger partial charge >= 0.3 is 11.9 Å². The third-order valence-electron chi connectivity index (χ3n) is 4.77. The number of esters is 1. The van der Waals surface area contributed by atoms with E-state index in [1.54, 1.807) is 32.0 Å². The van der Waals surface area contributed by atoms with E-state index in [9.17, 15) is 9.59 Å². The number of ether oxygens (including phenoxy) is 3. The highest BCUT2D eigenvalue weighted by atomic mass is 16.6. The summed E-state index contributed by atoms with van der Waals surface area (Å²) >= 11 is 0. The normalized spacial score (nSPS) is 11.4. The molecule has 1 aromatic heterocycles. The Morgan fingerprint density at radius 2 is 1.75 bits per heavy atom. The monoisotopic (exact) mass is 435 g/mol. The number of hydrogen-bond acceptors (Lipinski definition) is 5. The number of carbonyl (C=O) groups is 2. The molecule has 0 amide bonds. The molecule has 0 fully saturated rings. The van der Waals surface area contributed by atoms with Crippen LogP contribution in [0, 0.1) is 0 Å². The van der Waals surface area contributed by atoms with E-state index in [0.717, 1.165) is 17.3 Å². The van der Waals surface area contributed by atoms with Crippen LogP contribution in [0.2, 0.25) is 0 Å². The van der Waals surface area contributed by atoms with Gasteiger partial charge in [0.05, 0.1) is 7.11 Å². The summed E-state index contributed by atoms with van der Waals surface area (Å²) in [4.78, 5) is 23.5. The standard InChI is InChI=1S/C25H25NO6/c1-25(2,32-19-11-9-18(10-12-19)20-6-5-15-26(20)3)24(29)31-21-13-7-17(8-14-23(27)28)16-22(21)30-4/h5-16H,1-4H3,(H,27,28)/b14-8+. The fourth-order valence-electron chi connectivity index (χ4n) is 3.05. The molecule has 3 aromatic rings. The minimum Gasteiger partial charge on any atom is -0.493 e. The summed E-state index contributed by atoms with van der Waals surface area (Å²) < 4.78 is 18.7.